The van der Waals surface area contributed by atoms with E-state index in [1.165, 1.54) is 4.90 Å². The van der Waals surface area contributed by atoms with Crippen LogP contribution in [0.1, 0.15) is 28.7 Å². The molecule has 1 aliphatic heterocycles. The number of carbonyl (C=O) groups excluding carboxylic acids is 2. The molecule has 1 N–H and O–H groups in total. The molecule has 0 spiro atoms. The first-order valence-corrected chi connectivity index (χ1v) is 8.15. The molecule has 1 saturated heterocycles. The van der Waals surface area contributed by atoms with Gasteiger partial charge in [0.25, 0.3) is 5.91 Å². The van der Waals surface area contributed by atoms with Crippen molar-refractivity contribution in [1.82, 2.24) is 0 Å². The molecular formula is C20H22N2O2. The first kappa shape index (κ1) is 16.2. The average Bonchev–Trinajstić information content (AvgIpc) is 2.80. The Kier molecular flexibility index (Phi) is 4.14. The fourth-order valence-corrected chi connectivity index (χ4v) is 3.17. The Morgan fingerprint density at radius 2 is 1.62 bits per heavy atom. The summed E-state index contributed by atoms with van der Waals surface area (Å²) in [5.41, 5.74) is 5.72. The van der Waals surface area contributed by atoms with Gasteiger partial charge in [-0.15, -0.1) is 0 Å². The van der Waals surface area contributed by atoms with Crippen molar-refractivity contribution in [3.8, 4) is 0 Å². The zero-order valence-corrected chi connectivity index (χ0v) is 14.5. The zero-order chi connectivity index (χ0) is 17.4. The molecule has 0 saturated carbocycles. The minimum absolute atomic E-state index is 0.155. The quantitative estimate of drug-likeness (QED) is 0.877. The summed E-state index contributed by atoms with van der Waals surface area (Å²) in [6.07, 6.45) is 0.181. The topological polar surface area (TPSA) is 49.4 Å². The van der Waals surface area contributed by atoms with Crippen LogP contribution in [0.5, 0.6) is 0 Å². The molecule has 1 heterocycles. The molecule has 0 unspecified atom stereocenters. The summed E-state index contributed by atoms with van der Waals surface area (Å²) < 4.78 is 0. The smallest absolute Gasteiger partial charge is 0.256 e. The van der Waals surface area contributed by atoms with Crippen molar-refractivity contribution in [3.05, 3.63) is 58.7 Å². The maximum atomic E-state index is 12.8. The maximum Gasteiger partial charge on any atom is 0.256 e. The molecule has 1 atom stereocenters. The number of para-hydroxylation sites is 1. The van der Waals surface area contributed by atoms with Crippen molar-refractivity contribution in [2.75, 3.05) is 10.2 Å². The second-order valence-electron chi connectivity index (χ2n) is 6.53. The number of nitrogens with zero attached hydrogens (tertiary/aromatic N) is 1. The van der Waals surface area contributed by atoms with Gasteiger partial charge in [0.15, 0.2) is 0 Å². The lowest BCUT2D eigenvalue weighted by Crippen LogP contribution is -2.35. The lowest BCUT2D eigenvalue weighted by molar-refractivity contribution is -0.121. The van der Waals surface area contributed by atoms with Crippen LogP contribution < -0.4 is 10.2 Å². The van der Waals surface area contributed by atoms with Crippen LogP contribution in [-0.4, -0.2) is 17.9 Å². The van der Waals surface area contributed by atoms with Gasteiger partial charge in [-0.05, 0) is 56.0 Å². The van der Waals surface area contributed by atoms with E-state index in [9.17, 15) is 9.59 Å². The molecule has 4 nitrogen and oxygen atoms in total. The first-order valence-electron chi connectivity index (χ1n) is 8.15. The van der Waals surface area contributed by atoms with Gasteiger partial charge in [-0.1, -0.05) is 30.3 Å². The van der Waals surface area contributed by atoms with Crippen molar-refractivity contribution in [2.24, 2.45) is 0 Å². The Morgan fingerprint density at radius 1 is 0.958 bits per heavy atom. The van der Waals surface area contributed by atoms with Crippen LogP contribution in [-0.2, 0) is 9.59 Å². The number of benzene rings is 2. The third kappa shape index (κ3) is 2.80. The summed E-state index contributed by atoms with van der Waals surface area (Å²) in [6, 6.07) is 11.3. The number of amides is 2. The first-order chi connectivity index (χ1) is 11.4. The van der Waals surface area contributed by atoms with E-state index in [1.807, 2.05) is 64.1 Å². The van der Waals surface area contributed by atoms with Gasteiger partial charge in [-0.25, -0.2) is 4.90 Å². The Balaban J connectivity index is 1.91. The molecule has 0 aromatic heterocycles. The molecule has 0 bridgehead atoms. The maximum absolute atomic E-state index is 12.8. The predicted molar refractivity (Wildman–Crippen MR) is 96.4 cm³/mol. The molecule has 3 rings (SSSR count). The zero-order valence-electron chi connectivity index (χ0n) is 14.5. The second-order valence-corrected chi connectivity index (χ2v) is 6.53. The van der Waals surface area contributed by atoms with Gasteiger partial charge in [0, 0.05) is 5.69 Å². The highest BCUT2D eigenvalue weighted by atomic mass is 16.2. The molecule has 1 aliphatic rings. The number of imide groups is 1. The summed E-state index contributed by atoms with van der Waals surface area (Å²) in [6.45, 7) is 7.88. The Bertz CT molecular complexity index is 806. The monoisotopic (exact) mass is 322 g/mol. The van der Waals surface area contributed by atoms with Crippen molar-refractivity contribution < 1.29 is 9.59 Å². The van der Waals surface area contributed by atoms with Crippen LogP contribution in [0, 0.1) is 27.7 Å². The van der Waals surface area contributed by atoms with Gasteiger partial charge >= 0.3 is 0 Å². The summed E-state index contributed by atoms with van der Waals surface area (Å²) >= 11 is 0. The van der Waals surface area contributed by atoms with E-state index in [0.717, 1.165) is 27.9 Å². The minimum atomic E-state index is -0.516. The van der Waals surface area contributed by atoms with E-state index in [1.54, 1.807) is 0 Å². The third-order valence-electron chi connectivity index (χ3n) is 4.55. The Labute approximate surface area is 142 Å². The lowest BCUT2D eigenvalue weighted by atomic mass is 10.1. The van der Waals surface area contributed by atoms with Crippen LogP contribution in [0.3, 0.4) is 0 Å². The lowest BCUT2D eigenvalue weighted by Gasteiger charge is -2.20. The fourth-order valence-electron chi connectivity index (χ4n) is 3.17. The van der Waals surface area contributed by atoms with Crippen LogP contribution in [0.15, 0.2) is 36.4 Å². The third-order valence-corrected chi connectivity index (χ3v) is 4.55. The standard InChI is InChI=1S/C20H22N2O2/c1-12-8-9-13(2)17(10-12)22-18(23)11-16(20(22)24)21-19-14(3)6-5-7-15(19)4/h5-10,16,21H,11H2,1-4H3/t16-/m1/s1. The summed E-state index contributed by atoms with van der Waals surface area (Å²) in [7, 11) is 0. The SMILES string of the molecule is Cc1ccc(C)c(N2C(=O)C[C@@H](Nc3c(C)cccc3C)C2=O)c1. The normalized spacial score (nSPS) is 17.5. The highest BCUT2D eigenvalue weighted by Crippen LogP contribution is 2.30. The molecule has 4 heteroatoms. The van der Waals surface area contributed by atoms with Crippen LogP contribution >= 0.6 is 0 Å². The average molecular weight is 322 g/mol. The molecule has 2 aromatic rings. The van der Waals surface area contributed by atoms with Crippen LogP contribution in [0.2, 0.25) is 0 Å². The fraction of sp³-hybridized carbons (Fsp3) is 0.300. The van der Waals surface area contributed by atoms with Gasteiger partial charge < -0.3 is 5.32 Å². The molecule has 24 heavy (non-hydrogen) atoms. The van der Waals surface area contributed by atoms with Gasteiger partial charge in [-0.2, -0.15) is 0 Å². The molecular weight excluding hydrogens is 300 g/mol. The second kappa shape index (κ2) is 6.11. The highest BCUT2D eigenvalue weighted by molar-refractivity contribution is 6.23. The molecule has 1 fully saturated rings. The molecule has 0 radical (unpaired) electrons. The largest absolute Gasteiger partial charge is 0.373 e. The van der Waals surface area contributed by atoms with E-state index < -0.39 is 6.04 Å². The molecule has 2 amide bonds. The van der Waals surface area contributed by atoms with E-state index in [0.29, 0.717) is 5.69 Å². The van der Waals surface area contributed by atoms with Crippen molar-refractivity contribution in [2.45, 2.75) is 40.2 Å². The number of hydrogen-bond donors (Lipinski definition) is 1. The van der Waals surface area contributed by atoms with Gasteiger partial charge in [0.2, 0.25) is 5.91 Å². The minimum Gasteiger partial charge on any atom is -0.373 e. The van der Waals surface area contributed by atoms with Crippen LogP contribution in [0.25, 0.3) is 0 Å². The molecule has 2 aromatic carbocycles. The van der Waals surface area contributed by atoms with Crippen molar-refractivity contribution in [1.29, 1.82) is 0 Å². The number of carbonyl (C=O) groups is 2. The highest BCUT2D eigenvalue weighted by Gasteiger charge is 2.40. The van der Waals surface area contributed by atoms with E-state index >= 15 is 0 Å². The van der Waals surface area contributed by atoms with Gasteiger partial charge in [0.05, 0.1) is 12.1 Å². The van der Waals surface area contributed by atoms with E-state index in [2.05, 4.69) is 5.32 Å². The predicted octanol–water partition coefficient (Wildman–Crippen LogP) is 3.66. The Hall–Kier alpha value is -2.62. The summed E-state index contributed by atoms with van der Waals surface area (Å²) in [4.78, 5) is 26.7. The number of hydrogen-bond acceptors (Lipinski definition) is 3. The van der Waals surface area contributed by atoms with Crippen molar-refractivity contribution >= 4 is 23.2 Å². The molecule has 124 valence electrons. The molecule has 0 aliphatic carbocycles. The number of anilines is 2. The van der Waals surface area contributed by atoms with Gasteiger partial charge in [0.1, 0.15) is 6.04 Å². The summed E-state index contributed by atoms with van der Waals surface area (Å²) in [5.74, 6) is -0.339. The number of nitrogens with one attached hydrogen (secondary N) is 1. The Morgan fingerprint density at radius 3 is 2.29 bits per heavy atom. The van der Waals surface area contributed by atoms with Crippen LogP contribution in [0.4, 0.5) is 11.4 Å². The number of aryl methyl sites for hydroxylation is 4. The van der Waals surface area contributed by atoms with Crippen molar-refractivity contribution in [3.63, 3.8) is 0 Å². The van der Waals surface area contributed by atoms with Gasteiger partial charge in [-0.3, -0.25) is 9.59 Å². The van der Waals surface area contributed by atoms with E-state index in [-0.39, 0.29) is 18.2 Å². The van der Waals surface area contributed by atoms with E-state index in [4.69, 9.17) is 0 Å². The summed E-state index contributed by atoms with van der Waals surface area (Å²) in [5, 5.41) is 3.28. The number of rotatable bonds is 3.